The van der Waals surface area contributed by atoms with Crippen LogP contribution in [0.25, 0.3) is 0 Å². The van der Waals surface area contributed by atoms with Crippen molar-refractivity contribution in [1.82, 2.24) is 9.38 Å². The molecular weight excluding hydrogens is 96.0 g/mol. The van der Waals surface area contributed by atoms with Crippen molar-refractivity contribution in [2.45, 2.75) is 0 Å². The van der Waals surface area contributed by atoms with Crippen LogP contribution >= 0.6 is 0 Å². The number of rotatable bonds is 0. The molecule has 0 aliphatic rings. The second kappa shape index (κ2) is 0.598. The molecule has 36 valence electrons. The summed E-state index contributed by atoms with van der Waals surface area (Å²) in [5.41, 5.74) is -0.111. The Bertz CT molecular complexity index is 300. The molecule has 0 aliphatic carbocycles. The van der Waals surface area contributed by atoms with Crippen LogP contribution in [-0.2, 0) is 0 Å². The number of nitrogens with zero attached hydrogens (tertiary/aromatic N) is 2. The zero-order chi connectivity index (χ0) is 4.85. The maximum atomic E-state index is 10.3. The van der Waals surface area contributed by atoms with Crippen molar-refractivity contribution in [1.29, 1.82) is 0 Å². The first-order valence-corrected chi connectivity index (χ1v) is 1.87. The van der Waals surface area contributed by atoms with Gasteiger partial charge >= 0.3 is 5.56 Å². The maximum absolute atomic E-state index is 10.3. The Morgan fingerprint density at radius 2 is 2.57 bits per heavy atom. The highest BCUT2D eigenvalue weighted by molar-refractivity contribution is 4.79. The lowest BCUT2D eigenvalue weighted by molar-refractivity contribution is 0.482. The highest BCUT2D eigenvalue weighted by Crippen LogP contribution is 1.85. The van der Waals surface area contributed by atoms with E-state index in [1.165, 1.54) is 10.8 Å². The summed E-state index contributed by atoms with van der Waals surface area (Å²) in [6.45, 7) is 0. The van der Waals surface area contributed by atoms with Gasteiger partial charge in [0.25, 0.3) is 0 Å². The number of hydrogen-bond acceptors (Lipinski definition) is 2. The van der Waals surface area contributed by atoms with Crippen molar-refractivity contribution in [3.63, 3.8) is 0 Å². The third kappa shape index (κ3) is 0.199. The molecule has 2 aromatic heterocycles. The number of aromatic nitrogens is 2. The molecule has 2 rings (SSSR count). The summed E-state index contributed by atoms with van der Waals surface area (Å²) in [5, 5.41) is 0. The number of fused-ring (bicyclic) bond motifs is 1. The fourth-order valence-electron chi connectivity index (χ4n) is 0.479. The van der Waals surface area contributed by atoms with Gasteiger partial charge < -0.3 is 0 Å². The minimum atomic E-state index is -0.111. The first-order chi connectivity index (χ1) is 3.38. The highest BCUT2D eigenvalue weighted by atomic mass is 16.8. The SMILES string of the molecule is O=c1ccn2on12. The van der Waals surface area contributed by atoms with Crippen LogP contribution in [0.3, 0.4) is 0 Å². The maximum Gasteiger partial charge on any atom is 0.309 e. The van der Waals surface area contributed by atoms with Gasteiger partial charge in [0.05, 0.1) is 6.20 Å². The van der Waals surface area contributed by atoms with E-state index in [1.807, 2.05) is 0 Å². The molecule has 2 heterocycles. The van der Waals surface area contributed by atoms with Crippen LogP contribution in [0, 0.1) is 0 Å². The Kier molecular flexibility index (Phi) is 0.247. The molecule has 4 heteroatoms. The quantitative estimate of drug-likeness (QED) is 0.442. The van der Waals surface area contributed by atoms with E-state index in [0.29, 0.717) is 0 Å². The van der Waals surface area contributed by atoms with Gasteiger partial charge in [0.1, 0.15) is 0 Å². The first kappa shape index (κ1) is 2.90. The van der Waals surface area contributed by atoms with E-state index < -0.39 is 0 Å². The van der Waals surface area contributed by atoms with Crippen LogP contribution < -0.4 is 5.56 Å². The first-order valence-electron chi connectivity index (χ1n) is 1.87. The van der Waals surface area contributed by atoms with Gasteiger partial charge in [0, 0.05) is 6.07 Å². The van der Waals surface area contributed by atoms with Crippen LogP contribution in [-0.4, -0.2) is 9.38 Å². The Morgan fingerprint density at radius 1 is 1.71 bits per heavy atom. The van der Waals surface area contributed by atoms with Crippen molar-refractivity contribution in [3.05, 3.63) is 22.6 Å². The van der Waals surface area contributed by atoms with Crippen molar-refractivity contribution in [3.8, 4) is 0 Å². The molecule has 0 unspecified atom stereocenters. The van der Waals surface area contributed by atoms with Gasteiger partial charge in [0.2, 0.25) is 0 Å². The van der Waals surface area contributed by atoms with Crippen LogP contribution in [0.2, 0.25) is 0 Å². The molecule has 0 spiro atoms. The van der Waals surface area contributed by atoms with E-state index in [0.717, 1.165) is 4.69 Å². The topological polar surface area (TPSA) is 39.0 Å². The summed E-state index contributed by atoms with van der Waals surface area (Å²) >= 11 is 0. The van der Waals surface area contributed by atoms with Gasteiger partial charge in [-0.1, -0.05) is 4.69 Å². The van der Waals surface area contributed by atoms with Crippen LogP contribution in [0.5, 0.6) is 0 Å². The molecule has 0 radical (unpaired) electrons. The molecule has 0 bridgehead atoms. The molecular formula is C3H2N2O2. The Hall–Kier alpha value is -1.19. The second-order valence-corrected chi connectivity index (χ2v) is 1.31. The third-order valence-corrected chi connectivity index (χ3v) is 0.848. The minimum Gasteiger partial charge on any atom is -0.264 e. The zero-order valence-corrected chi connectivity index (χ0v) is 3.37. The molecule has 0 saturated carbocycles. The minimum absolute atomic E-state index is 0.111. The van der Waals surface area contributed by atoms with Crippen LogP contribution in [0.4, 0.5) is 0 Å². The molecule has 0 amide bonds. The Labute approximate surface area is 37.8 Å². The van der Waals surface area contributed by atoms with E-state index in [9.17, 15) is 4.79 Å². The lowest BCUT2D eigenvalue weighted by Gasteiger charge is -1.48. The summed E-state index contributed by atoms with van der Waals surface area (Å²) in [6.07, 6.45) is 1.56. The van der Waals surface area contributed by atoms with E-state index in [2.05, 4.69) is 4.63 Å². The lowest BCUT2D eigenvalue weighted by atomic mass is 10.7. The molecule has 0 aliphatic heterocycles. The lowest BCUT2D eigenvalue weighted by Crippen LogP contribution is -1.96. The van der Waals surface area contributed by atoms with Gasteiger partial charge in [-0.05, 0) is 4.69 Å². The average molecular weight is 98.1 g/mol. The van der Waals surface area contributed by atoms with E-state index in [4.69, 9.17) is 0 Å². The fourth-order valence-corrected chi connectivity index (χ4v) is 0.479. The summed E-state index contributed by atoms with van der Waals surface area (Å²) in [7, 11) is 0. The molecule has 0 atom stereocenters. The van der Waals surface area contributed by atoms with Gasteiger partial charge in [-0.15, -0.1) is 0 Å². The summed E-state index contributed by atoms with van der Waals surface area (Å²) in [4.78, 5) is 10.3. The van der Waals surface area contributed by atoms with E-state index >= 15 is 0 Å². The van der Waals surface area contributed by atoms with E-state index in [-0.39, 0.29) is 5.56 Å². The molecule has 2 aromatic rings. The standard InChI is InChI=1S/C3H2N2O2/c6-3-1-2-4-5(3)7-4/h1-2H. The smallest absolute Gasteiger partial charge is 0.264 e. The van der Waals surface area contributed by atoms with Crippen molar-refractivity contribution in [2.24, 2.45) is 0 Å². The largest absolute Gasteiger partial charge is 0.309 e. The van der Waals surface area contributed by atoms with Crippen LogP contribution in [0.1, 0.15) is 0 Å². The van der Waals surface area contributed by atoms with Gasteiger partial charge in [-0.3, -0.25) is 4.79 Å². The Balaban J connectivity index is 3.22. The summed E-state index contributed by atoms with van der Waals surface area (Å²) < 4.78 is 7.00. The van der Waals surface area contributed by atoms with Crippen molar-refractivity contribution in [2.75, 3.05) is 0 Å². The van der Waals surface area contributed by atoms with Crippen molar-refractivity contribution >= 4 is 0 Å². The molecule has 4 nitrogen and oxygen atoms in total. The predicted molar refractivity (Wildman–Crippen MR) is 20.6 cm³/mol. The molecule has 0 aromatic carbocycles. The number of hydrogen-bond donors (Lipinski definition) is 0. The van der Waals surface area contributed by atoms with Gasteiger partial charge in [-0.2, -0.15) is 0 Å². The van der Waals surface area contributed by atoms with Crippen molar-refractivity contribution < 1.29 is 4.63 Å². The summed E-state index contributed by atoms with van der Waals surface area (Å²) in [5.74, 6) is 0. The summed E-state index contributed by atoms with van der Waals surface area (Å²) in [6, 6.07) is 1.43. The molecule has 7 heavy (non-hydrogen) atoms. The highest BCUT2D eigenvalue weighted by Gasteiger charge is 2.03. The molecule has 0 N–H and O–H groups in total. The van der Waals surface area contributed by atoms with Crippen LogP contribution in [0.15, 0.2) is 21.7 Å². The Morgan fingerprint density at radius 3 is 2.71 bits per heavy atom. The van der Waals surface area contributed by atoms with Gasteiger partial charge in [0.15, 0.2) is 0 Å². The van der Waals surface area contributed by atoms with Gasteiger partial charge in [-0.25, -0.2) is 4.63 Å². The normalized spacial score (nSPS) is 11.4. The molecule has 0 fully saturated rings. The zero-order valence-electron chi connectivity index (χ0n) is 3.37. The third-order valence-electron chi connectivity index (χ3n) is 0.848. The monoisotopic (exact) mass is 98.0 g/mol. The average Bonchev–Trinajstić information content (AvgIpc) is 2.33. The molecule has 0 saturated heterocycles. The second-order valence-electron chi connectivity index (χ2n) is 1.31. The fraction of sp³-hybridized carbons (Fsp3) is 0. The van der Waals surface area contributed by atoms with E-state index in [1.54, 1.807) is 6.20 Å². The predicted octanol–water partition coefficient (Wildman–Crippen LogP) is -0.570.